The van der Waals surface area contributed by atoms with Gasteiger partial charge < -0.3 is 10.3 Å². The Morgan fingerprint density at radius 1 is 1.29 bits per heavy atom. The van der Waals surface area contributed by atoms with E-state index in [0.29, 0.717) is 12.0 Å². The molecule has 1 aromatic carbocycles. The van der Waals surface area contributed by atoms with Crippen molar-refractivity contribution in [1.82, 2.24) is 9.55 Å². The van der Waals surface area contributed by atoms with Gasteiger partial charge in [-0.1, -0.05) is 19.1 Å². The van der Waals surface area contributed by atoms with Crippen molar-refractivity contribution in [2.75, 3.05) is 0 Å². The molecule has 1 saturated carbocycles. The van der Waals surface area contributed by atoms with E-state index in [-0.39, 0.29) is 6.04 Å². The van der Waals surface area contributed by atoms with Crippen molar-refractivity contribution in [3.05, 3.63) is 30.1 Å². The molecule has 3 heteroatoms. The summed E-state index contributed by atoms with van der Waals surface area (Å²) in [6, 6.07) is 9.18. The number of hydrogen-bond acceptors (Lipinski definition) is 2. The largest absolute Gasteiger partial charge is 0.327 e. The first-order valence-electron chi connectivity index (χ1n) is 6.41. The standard InChI is InChI=1S/C14H19N3/c1-9(10(2)15)14-16-12-5-3-4-6-13(12)17(14)11-7-8-11/h3-6,9-11H,7-8,15H2,1-2H3. The molecular weight excluding hydrogens is 210 g/mol. The Labute approximate surface area is 102 Å². The Morgan fingerprint density at radius 3 is 2.65 bits per heavy atom. The molecule has 3 rings (SSSR count). The van der Waals surface area contributed by atoms with Crippen LogP contribution in [0.2, 0.25) is 0 Å². The van der Waals surface area contributed by atoms with Crippen LogP contribution in [0, 0.1) is 0 Å². The van der Waals surface area contributed by atoms with Gasteiger partial charge in [-0.3, -0.25) is 0 Å². The average Bonchev–Trinajstić information content (AvgIpc) is 3.08. The predicted octanol–water partition coefficient (Wildman–Crippen LogP) is 2.82. The summed E-state index contributed by atoms with van der Waals surface area (Å²) in [7, 11) is 0. The highest BCUT2D eigenvalue weighted by atomic mass is 15.1. The van der Waals surface area contributed by atoms with E-state index in [1.54, 1.807) is 0 Å². The monoisotopic (exact) mass is 229 g/mol. The van der Waals surface area contributed by atoms with Gasteiger partial charge in [0.15, 0.2) is 0 Å². The van der Waals surface area contributed by atoms with Gasteiger partial charge in [0, 0.05) is 18.0 Å². The smallest absolute Gasteiger partial charge is 0.114 e. The molecule has 1 aliphatic rings. The molecule has 0 aliphatic heterocycles. The molecule has 0 amide bonds. The zero-order valence-electron chi connectivity index (χ0n) is 10.4. The summed E-state index contributed by atoms with van der Waals surface area (Å²) < 4.78 is 2.41. The molecule has 2 unspecified atom stereocenters. The van der Waals surface area contributed by atoms with Gasteiger partial charge in [0.2, 0.25) is 0 Å². The maximum atomic E-state index is 6.03. The van der Waals surface area contributed by atoms with Crippen LogP contribution >= 0.6 is 0 Å². The van der Waals surface area contributed by atoms with Gasteiger partial charge in [-0.05, 0) is 31.9 Å². The quantitative estimate of drug-likeness (QED) is 0.879. The summed E-state index contributed by atoms with van der Waals surface area (Å²) in [6.07, 6.45) is 2.55. The molecular formula is C14H19N3. The van der Waals surface area contributed by atoms with Crippen molar-refractivity contribution in [2.45, 2.75) is 44.7 Å². The van der Waals surface area contributed by atoms with Gasteiger partial charge in [0.05, 0.1) is 11.0 Å². The van der Waals surface area contributed by atoms with Crippen molar-refractivity contribution in [2.24, 2.45) is 5.73 Å². The topological polar surface area (TPSA) is 43.8 Å². The number of aromatic nitrogens is 2. The first-order chi connectivity index (χ1) is 8.18. The number of nitrogens with zero attached hydrogens (tertiary/aromatic N) is 2. The lowest BCUT2D eigenvalue weighted by Gasteiger charge is -2.17. The van der Waals surface area contributed by atoms with Crippen LogP contribution in [0.5, 0.6) is 0 Å². The second-order valence-electron chi connectivity index (χ2n) is 5.21. The Morgan fingerprint density at radius 2 is 2.00 bits per heavy atom. The molecule has 1 fully saturated rings. The summed E-state index contributed by atoms with van der Waals surface area (Å²) in [5.74, 6) is 1.46. The third kappa shape index (κ3) is 1.75. The highest BCUT2D eigenvalue weighted by Crippen LogP contribution is 2.40. The van der Waals surface area contributed by atoms with Gasteiger partial charge in [-0.25, -0.2) is 4.98 Å². The zero-order valence-corrected chi connectivity index (χ0v) is 10.4. The van der Waals surface area contributed by atoms with E-state index in [1.165, 1.54) is 18.4 Å². The minimum atomic E-state index is 0.143. The van der Waals surface area contributed by atoms with Crippen molar-refractivity contribution < 1.29 is 0 Å². The normalized spacial score (nSPS) is 19.5. The Hall–Kier alpha value is -1.35. The Balaban J connectivity index is 2.19. The number of nitrogens with two attached hydrogens (primary N) is 1. The van der Waals surface area contributed by atoms with E-state index in [9.17, 15) is 0 Å². The van der Waals surface area contributed by atoms with Crippen molar-refractivity contribution >= 4 is 11.0 Å². The lowest BCUT2D eigenvalue weighted by atomic mass is 10.0. The predicted molar refractivity (Wildman–Crippen MR) is 70.1 cm³/mol. The SMILES string of the molecule is CC(N)C(C)c1nc2ccccc2n1C1CC1. The third-order valence-electron chi connectivity index (χ3n) is 3.73. The fourth-order valence-electron chi connectivity index (χ4n) is 2.34. The Bertz CT molecular complexity index is 537. The fourth-order valence-corrected chi connectivity index (χ4v) is 2.34. The van der Waals surface area contributed by atoms with Crippen LogP contribution in [0.25, 0.3) is 11.0 Å². The second kappa shape index (κ2) is 3.84. The maximum Gasteiger partial charge on any atom is 0.114 e. The van der Waals surface area contributed by atoms with Crippen LogP contribution < -0.4 is 5.73 Å². The molecule has 0 saturated heterocycles. The fraction of sp³-hybridized carbons (Fsp3) is 0.500. The van der Waals surface area contributed by atoms with Gasteiger partial charge in [0.25, 0.3) is 0 Å². The highest BCUT2D eigenvalue weighted by Gasteiger charge is 2.30. The van der Waals surface area contributed by atoms with Crippen LogP contribution in [0.4, 0.5) is 0 Å². The van der Waals surface area contributed by atoms with Crippen molar-refractivity contribution in [1.29, 1.82) is 0 Å². The van der Waals surface area contributed by atoms with E-state index in [1.807, 2.05) is 6.07 Å². The average molecular weight is 229 g/mol. The molecule has 1 aliphatic carbocycles. The van der Waals surface area contributed by atoms with E-state index in [4.69, 9.17) is 10.7 Å². The maximum absolute atomic E-state index is 6.03. The first-order valence-corrected chi connectivity index (χ1v) is 6.41. The van der Waals surface area contributed by atoms with Crippen LogP contribution in [-0.4, -0.2) is 15.6 Å². The van der Waals surface area contributed by atoms with Gasteiger partial charge in [-0.2, -0.15) is 0 Å². The number of hydrogen-bond donors (Lipinski definition) is 1. The summed E-state index contributed by atoms with van der Waals surface area (Å²) in [5.41, 5.74) is 8.39. The third-order valence-corrected chi connectivity index (χ3v) is 3.73. The zero-order chi connectivity index (χ0) is 12.0. The summed E-state index contributed by atoms with van der Waals surface area (Å²) in [4.78, 5) is 4.78. The minimum absolute atomic E-state index is 0.143. The lowest BCUT2D eigenvalue weighted by Crippen LogP contribution is -2.25. The molecule has 17 heavy (non-hydrogen) atoms. The lowest BCUT2D eigenvalue weighted by molar-refractivity contribution is 0.547. The molecule has 3 nitrogen and oxygen atoms in total. The summed E-state index contributed by atoms with van der Waals surface area (Å²) in [5, 5.41) is 0. The number of benzene rings is 1. The number of fused-ring (bicyclic) bond motifs is 1. The van der Waals surface area contributed by atoms with E-state index in [0.717, 1.165) is 11.3 Å². The highest BCUT2D eigenvalue weighted by molar-refractivity contribution is 5.76. The van der Waals surface area contributed by atoms with Gasteiger partial charge >= 0.3 is 0 Å². The number of rotatable bonds is 3. The summed E-state index contributed by atoms with van der Waals surface area (Å²) in [6.45, 7) is 4.23. The van der Waals surface area contributed by atoms with Crippen molar-refractivity contribution in [3.63, 3.8) is 0 Å². The van der Waals surface area contributed by atoms with Crippen LogP contribution in [-0.2, 0) is 0 Å². The molecule has 0 radical (unpaired) electrons. The molecule has 2 N–H and O–H groups in total. The van der Waals surface area contributed by atoms with Crippen LogP contribution in [0.3, 0.4) is 0 Å². The number of imidazole rings is 1. The van der Waals surface area contributed by atoms with Crippen LogP contribution in [0.1, 0.15) is 44.5 Å². The van der Waals surface area contributed by atoms with Crippen LogP contribution in [0.15, 0.2) is 24.3 Å². The molecule has 2 aromatic rings. The molecule has 1 aromatic heterocycles. The molecule has 90 valence electrons. The van der Waals surface area contributed by atoms with E-state index >= 15 is 0 Å². The molecule has 0 bridgehead atoms. The van der Waals surface area contributed by atoms with Crippen molar-refractivity contribution in [3.8, 4) is 0 Å². The van der Waals surface area contributed by atoms with E-state index in [2.05, 4.69) is 36.6 Å². The van der Waals surface area contributed by atoms with Gasteiger partial charge in [-0.15, -0.1) is 0 Å². The first kappa shape index (κ1) is 10.8. The van der Waals surface area contributed by atoms with Gasteiger partial charge in [0.1, 0.15) is 5.82 Å². The van der Waals surface area contributed by atoms with E-state index < -0.39 is 0 Å². The Kier molecular flexibility index (Phi) is 2.44. The number of para-hydroxylation sites is 2. The molecule has 0 spiro atoms. The minimum Gasteiger partial charge on any atom is -0.327 e. The summed E-state index contributed by atoms with van der Waals surface area (Å²) >= 11 is 0. The molecule has 1 heterocycles. The molecule has 2 atom stereocenters. The second-order valence-corrected chi connectivity index (χ2v) is 5.21.